The number of Topliss-reactive ketones (excluding diaryl/α,β-unsaturated/α-hetero) is 1. The summed E-state index contributed by atoms with van der Waals surface area (Å²) in [5.74, 6) is 0.0171. The molecule has 0 spiro atoms. The number of ether oxygens (including phenoxy) is 2. The van der Waals surface area contributed by atoms with Crippen LogP contribution in [0.3, 0.4) is 0 Å². The molecule has 0 saturated carbocycles. The second-order valence-corrected chi connectivity index (χ2v) is 4.21. The van der Waals surface area contributed by atoms with Crippen molar-refractivity contribution in [2.24, 2.45) is 0 Å². The highest BCUT2D eigenvalue weighted by Gasteiger charge is 2.15. The van der Waals surface area contributed by atoms with E-state index in [1.807, 2.05) is 4.90 Å². The van der Waals surface area contributed by atoms with Gasteiger partial charge in [-0.1, -0.05) is 0 Å². The lowest BCUT2D eigenvalue weighted by atomic mass is 10.1. The van der Waals surface area contributed by atoms with E-state index in [1.54, 1.807) is 0 Å². The van der Waals surface area contributed by atoms with Gasteiger partial charge in [-0.15, -0.1) is 0 Å². The number of halogens is 2. The molecule has 0 aromatic heterocycles. The molecule has 2 rings (SSSR count). The number of carbonyl (C=O) groups is 1. The second-order valence-electron chi connectivity index (χ2n) is 4.21. The summed E-state index contributed by atoms with van der Waals surface area (Å²) in [5.41, 5.74) is 0.494. The first-order chi connectivity index (χ1) is 9.15. The fourth-order valence-electron chi connectivity index (χ4n) is 1.88. The molecule has 0 amide bonds. The van der Waals surface area contributed by atoms with Crippen molar-refractivity contribution in [1.29, 1.82) is 0 Å². The summed E-state index contributed by atoms with van der Waals surface area (Å²) in [6, 6.07) is 5.75. The maximum atomic E-state index is 12.0. The minimum Gasteiger partial charge on any atom is -0.435 e. The van der Waals surface area contributed by atoms with Gasteiger partial charge in [0.05, 0.1) is 19.8 Å². The molecule has 6 heteroatoms. The van der Waals surface area contributed by atoms with Crippen LogP contribution < -0.4 is 4.74 Å². The predicted octanol–water partition coefficient (Wildman–Crippen LogP) is 1.80. The minimum absolute atomic E-state index is 0.0366. The Bertz CT molecular complexity index is 416. The minimum atomic E-state index is -2.85. The third-order valence-corrected chi connectivity index (χ3v) is 2.87. The van der Waals surface area contributed by atoms with E-state index in [-0.39, 0.29) is 11.5 Å². The number of alkyl halides is 2. The third kappa shape index (κ3) is 4.25. The van der Waals surface area contributed by atoms with E-state index in [2.05, 4.69) is 4.74 Å². The van der Waals surface area contributed by atoms with E-state index >= 15 is 0 Å². The van der Waals surface area contributed by atoms with Crippen molar-refractivity contribution in [1.82, 2.24) is 4.90 Å². The Kier molecular flexibility index (Phi) is 4.81. The normalized spacial score (nSPS) is 16.6. The van der Waals surface area contributed by atoms with Crippen LogP contribution in [0, 0.1) is 0 Å². The van der Waals surface area contributed by atoms with Crippen molar-refractivity contribution >= 4 is 5.78 Å². The second kappa shape index (κ2) is 6.58. The number of carbonyl (C=O) groups excluding carboxylic acids is 1. The molecule has 0 unspecified atom stereocenters. The molecular weight excluding hydrogens is 256 g/mol. The van der Waals surface area contributed by atoms with E-state index < -0.39 is 6.61 Å². The van der Waals surface area contributed by atoms with Gasteiger partial charge in [-0.3, -0.25) is 9.69 Å². The average molecular weight is 271 g/mol. The molecule has 1 aliphatic rings. The van der Waals surface area contributed by atoms with Gasteiger partial charge in [0.2, 0.25) is 0 Å². The number of hydrogen-bond donors (Lipinski definition) is 0. The van der Waals surface area contributed by atoms with Crippen LogP contribution in [0.1, 0.15) is 10.4 Å². The first-order valence-corrected chi connectivity index (χ1v) is 6.03. The molecule has 0 atom stereocenters. The van der Waals surface area contributed by atoms with E-state index in [1.165, 1.54) is 24.3 Å². The van der Waals surface area contributed by atoms with Crippen LogP contribution in [0.25, 0.3) is 0 Å². The van der Waals surface area contributed by atoms with E-state index in [4.69, 9.17) is 4.74 Å². The molecule has 1 fully saturated rings. The highest BCUT2D eigenvalue weighted by Crippen LogP contribution is 2.15. The number of morpholine rings is 1. The molecule has 0 aliphatic carbocycles. The molecule has 1 aromatic rings. The van der Waals surface area contributed by atoms with Crippen molar-refractivity contribution in [2.75, 3.05) is 32.8 Å². The monoisotopic (exact) mass is 271 g/mol. The van der Waals surface area contributed by atoms with Gasteiger partial charge >= 0.3 is 6.61 Å². The Labute approximate surface area is 109 Å². The van der Waals surface area contributed by atoms with E-state index in [0.717, 1.165) is 13.1 Å². The van der Waals surface area contributed by atoms with Gasteiger partial charge in [0, 0.05) is 18.7 Å². The van der Waals surface area contributed by atoms with E-state index in [9.17, 15) is 13.6 Å². The average Bonchev–Trinajstić information content (AvgIpc) is 2.40. The lowest BCUT2D eigenvalue weighted by Crippen LogP contribution is -2.39. The quantitative estimate of drug-likeness (QED) is 0.766. The van der Waals surface area contributed by atoms with Crippen molar-refractivity contribution in [3.8, 4) is 5.75 Å². The fourth-order valence-corrected chi connectivity index (χ4v) is 1.88. The van der Waals surface area contributed by atoms with Gasteiger partial charge in [-0.25, -0.2) is 0 Å². The zero-order valence-corrected chi connectivity index (χ0v) is 10.4. The summed E-state index contributed by atoms with van der Waals surface area (Å²) >= 11 is 0. The Morgan fingerprint density at radius 3 is 2.47 bits per heavy atom. The molecule has 0 radical (unpaired) electrons. The third-order valence-electron chi connectivity index (χ3n) is 2.87. The molecule has 1 saturated heterocycles. The highest BCUT2D eigenvalue weighted by atomic mass is 19.3. The Balaban J connectivity index is 1.91. The smallest absolute Gasteiger partial charge is 0.387 e. The maximum Gasteiger partial charge on any atom is 0.387 e. The zero-order valence-electron chi connectivity index (χ0n) is 10.4. The summed E-state index contributed by atoms with van der Waals surface area (Å²) in [4.78, 5) is 14.0. The predicted molar refractivity (Wildman–Crippen MR) is 64.7 cm³/mol. The number of rotatable bonds is 5. The standard InChI is InChI=1S/C13H15F2NO3/c14-13(15)19-11-3-1-10(2-4-11)12(17)9-16-5-7-18-8-6-16/h1-4,13H,5-9H2. The van der Waals surface area contributed by atoms with Crippen LogP contribution in [-0.4, -0.2) is 50.1 Å². The van der Waals surface area contributed by atoms with Crippen LogP contribution in [0.4, 0.5) is 8.78 Å². The Morgan fingerprint density at radius 2 is 1.89 bits per heavy atom. The van der Waals surface area contributed by atoms with Crippen LogP contribution in [0.5, 0.6) is 5.75 Å². The van der Waals surface area contributed by atoms with Gasteiger partial charge in [0.1, 0.15) is 5.75 Å². The van der Waals surface area contributed by atoms with Crippen LogP contribution in [0.2, 0.25) is 0 Å². The molecule has 1 aromatic carbocycles. The van der Waals surface area contributed by atoms with Crippen molar-refractivity contribution < 1.29 is 23.0 Å². The molecule has 1 aliphatic heterocycles. The van der Waals surface area contributed by atoms with Gasteiger partial charge in [-0.2, -0.15) is 8.78 Å². The molecule has 0 bridgehead atoms. The van der Waals surface area contributed by atoms with Gasteiger partial charge in [0.15, 0.2) is 5.78 Å². The summed E-state index contributed by atoms with van der Waals surface area (Å²) in [7, 11) is 0. The number of benzene rings is 1. The summed E-state index contributed by atoms with van der Waals surface area (Å²) in [6.45, 7) is 0.202. The Morgan fingerprint density at radius 1 is 1.26 bits per heavy atom. The number of nitrogens with zero attached hydrogens (tertiary/aromatic N) is 1. The number of hydrogen-bond acceptors (Lipinski definition) is 4. The van der Waals surface area contributed by atoms with Crippen LogP contribution in [-0.2, 0) is 4.74 Å². The first-order valence-electron chi connectivity index (χ1n) is 6.03. The SMILES string of the molecule is O=C(CN1CCOCC1)c1ccc(OC(F)F)cc1. The maximum absolute atomic E-state index is 12.0. The lowest BCUT2D eigenvalue weighted by Gasteiger charge is -2.25. The molecule has 0 N–H and O–H groups in total. The Hall–Kier alpha value is -1.53. The molecule has 104 valence electrons. The molecular formula is C13H15F2NO3. The molecule has 4 nitrogen and oxygen atoms in total. The van der Waals surface area contributed by atoms with Crippen LogP contribution in [0.15, 0.2) is 24.3 Å². The first kappa shape index (κ1) is 13.9. The molecule has 1 heterocycles. The van der Waals surface area contributed by atoms with Gasteiger partial charge < -0.3 is 9.47 Å². The van der Waals surface area contributed by atoms with E-state index in [0.29, 0.717) is 25.3 Å². The van der Waals surface area contributed by atoms with Gasteiger partial charge in [0.25, 0.3) is 0 Å². The van der Waals surface area contributed by atoms with Crippen LogP contribution >= 0.6 is 0 Å². The molecule has 19 heavy (non-hydrogen) atoms. The topological polar surface area (TPSA) is 38.8 Å². The van der Waals surface area contributed by atoms with Crippen molar-refractivity contribution in [3.63, 3.8) is 0 Å². The fraction of sp³-hybridized carbons (Fsp3) is 0.462. The van der Waals surface area contributed by atoms with Crippen molar-refractivity contribution in [3.05, 3.63) is 29.8 Å². The summed E-state index contributed by atoms with van der Waals surface area (Å²) in [5, 5.41) is 0. The highest BCUT2D eigenvalue weighted by molar-refractivity contribution is 5.97. The summed E-state index contributed by atoms with van der Waals surface area (Å²) < 4.78 is 33.4. The zero-order chi connectivity index (χ0) is 13.7. The lowest BCUT2D eigenvalue weighted by molar-refractivity contribution is -0.0498. The summed E-state index contributed by atoms with van der Waals surface area (Å²) in [6.07, 6.45) is 0. The van der Waals surface area contributed by atoms with Gasteiger partial charge in [-0.05, 0) is 24.3 Å². The number of ketones is 1. The van der Waals surface area contributed by atoms with Crippen molar-refractivity contribution in [2.45, 2.75) is 6.61 Å². The largest absolute Gasteiger partial charge is 0.435 e.